The summed E-state index contributed by atoms with van der Waals surface area (Å²) >= 11 is 0. The zero-order chi connectivity index (χ0) is 21.7. The molecule has 0 saturated heterocycles. The van der Waals surface area contributed by atoms with E-state index in [2.05, 4.69) is 26.5 Å². The highest BCUT2D eigenvalue weighted by Crippen LogP contribution is 2.26. The molecule has 0 saturated carbocycles. The number of hydrogen-bond acceptors (Lipinski definition) is 7. The molecule has 0 aliphatic heterocycles. The first kappa shape index (κ1) is 21.0. The Morgan fingerprint density at radius 2 is 1.93 bits per heavy atom. The Balaban J connectivity index is 1.84. The van der Waals surface area contributed by atoms with Crippen molar-refractivity contribution in [1.82, 2.24) is 9.97 Å². The summed E-state index contributed by atoms with van der Waals surface area (Å²) in [5.41, 5.74) is 1.43. The van der Waals surface area contributed by atoms with E-state index in [0.29, 0.717) is 17.0 Å². The summed E-state index contributed by atoms with van der Waals surface area (Å²) in [4.78, 5) is 7.82. The minimum absolute atomic E-state index is 0.0124. The molecule has 1 heterocycles. The number of halogens is 1. The number of aromatic nitrogens is 2. The molecule has 0 spiro atoms. The van der Waals surface area contributed by atoms with Crippen molar-refractivity contribution in [3.8, 4) is 18.1 Å². The number of nitrogens with one attached hydrogen (secondary N) is 2. The second kappa shape index (κ2) is 8.77. The molecule has 3 rings (SSSR count). The van der Waals surface area contributed by atoms with Crippen molar-refractivity contribution < 1.29 is 17.5 Å². The number of sulfonamides is 1. The maximum Gasteiger partial charge on any atom is 0.240 e. The molecule has 0 radical (unpaired) electrons. The van der Waals surface area contributed by atoms with Gasteiger partial charge in [-0.15, -0.1) is 6.42 Å². The SMILES string of the molecule is C#CCOc1ccc(Nc2nc(Nc3ccc(C)cc3S(N)(=O)=O)ncc2F)cc1. The summed E-state index contributed by atoms with van der Waals surface area (Å²) < 4.78 is 43.2. The standard InChI is InChI=1S/C20H18FN5O3S/c1-3-10-29-15-7-5-14(6-8-15)24-19-16(21)12-23-20(26-19)25-17-9-4-13(2)11-18(17)30(22,27)28/h1,4-9,11-12H,10H2,2H3,(H2,22,27,28)(H2,23,24,25,26). The number of nitrogens with zero attached hydrogens (tertiary/aromatic N) is 2. The predicted molar refractivity (Wildman–Crippen MR) is 112 cm³/mol. The van der Waals surface area contributed by atoms with Gasteiger partial charge in [0, 0.05) is 5.69 Å². The first-order valence-electron chi connectivity index (χ1n) is 8.62. The van der Waals surface area contributed by atoms with Gasteiger partial charge in [0.15, 0.2) is 11.6 Å². The highest BCUT2D eigenvalue weighted by Gasteiger charge is 2.16. The molecule has 1 aromatic heterocycles. The van der Waals surface area contributed by atoms with E-state index in [9.17, 15) is 12.8 Å². The second-order valence-electron chi connectivity index (χ2n) is 6.20. The van der Waals surface area contributed by atoms with Gasteiger partial charge < -0.3 is 15.4 Å². The van der Waals surface area contributed by atoms with Gasteiger partial charge in [-0.2, -0.15) is 4.98 Å². The quantitative estimate of drug-likeness (QED) is 0.496. The van der Waals surface area contributed by atoms with Gasteiger partial charge in [0.1, 0.15) is 17.3 Å². The number of terminal acetylenes is 1. The van der Waals surface area contributed by atoms with E-state index in [1.54, 1.807) is 37.3 Å². The third-order valence-electron chi connectivity index (χ3n) is 3.87. The molecule has 30 heavy (non-hydrogen) atoms. The smallest absolute Gasteiger partial charge is 0.240 e. The number of ether oxygens (including phenoxy) is 1. The first-order chi connectivity index (χ1) is 14.3. The van der Waals surface area contributed by atoms with E-state index >= 15 is 0 Å². The normalized spacial score (nSPS) is 10.9. The van der Waals surface area contributed by atoms with Gasteiger partial charge in [0.2, 0.25) is 16.0 Å². The van der Waals surface area contributed by atoms with Crippen LogP contribution in [0.15, 0.2) is 53.6 Å². The lowest BCUT2D eigenvalue weighted by Crippen LogP contribution is -2.15. The summed E-state index contributed by atoms with van der Waals surface area (Å²) in [6, 6.07) is 11.3. The first-order valence-corrected chi connectivity index (χ1v) is 10.2. The van der Waals surface area contributed by atoms with Crippen LogP contribution in [0.1, 0.15) is 5.56 Å². The number of anilines is 4. The molecule has 2 aromatic carbocycles. The Bertz CT molecular complexity index is 1210. The van der Waals surface area contributed by atoms with Gasteiger partial charge in [0.25, 0.3) is 0 Å². The number of nitrogens with two attached hydrogens (primary N) is 1. The minimum atomic E-state index is -3.99. The Morgan fingerprint density at radius 1 is 1.20 bits per heavy atom. The summed E-state index contributed by atoms with van der Waals surface area (Å²) in [5, 5.41) is 10.9. The summed E-state index contributed by atoms with van der Waals surface area (Å²) in [5.74, 6) is 2.13. The largest absolute Gasteiger partial charge is 0.481 e. The number of benzene rings is 2. The van der Waals surface area contributed by atoms with Crippen molar-refractivity contribution in [3.63, 3.8) is 0 Å². The molecule has 0 unspecified atom stereocenters. The fraction of sp³-hybridized carbons (Fsp3) is 0.100. The molecule has 10 heteroatoms. The predicted octanol–water partition coefficient (Wildman–Crippen LogP) is 3.07. The van der Waals surface area contributed by atoms with Crippen LogP contribution < -0.4 is 20.5 Å². The van der Waals surface area contributed by atoms with Gasteiger partial charge in [-0.3, -0.25) is 0 Å². The zero-order valence-electron chi connectivity index (χ0n) is 15.9. The van der Waals surface area contributed by atoms with E-state index in [1.807, 2.05) is 0 Å². The Morgan fingerprint density at radius 3 is 2.60 bits per heavy atom. The molecule has 0 fully saturated rings. The number of primary sulfonamides is 1. The number of aryl methyl sites for hydroxylation is 1. The maximum absolute atomic E-state index is 14.2. The van der Waals surface area contributed by atoms with Gasteiger partial charge in [-0.1, -0.05) is 12.0 Å². The lowest BCUT2D eigenvalue weighted by molar-refractivity contribution is 0.370. The number of rotatable bonds is 7. The van der Waals surface area contributed by atoms with E-state index < -0.39 is 15.8 Å². The maximum atomic E-state index is 14.2. The van der Waals surface area contributed by atoms with Crippen molar-refractivity contribution >= 4 is 33.2 Å². The molecule has 0 atom stereocenters. The zero-order valence-corrected chi connectivity index (χ0v) is 16.7. The summed E-state index contributed by atoms with van der Waals surface area (Å²) in [6.45, 7) is 1.87. The Hall–Kier alpha value is -3.68. The van der Waals surface area contributed by atoms with Gasteiger partial charge in [-0.05, 0) is 48.9 Å². The van der Waals surface area contributed by atoms with Gasteiger partial charge in [0.05, 0.1) is 11.9 Å². The van der Waals surface area contributed by atoms with Crippen molar-refractivity contribution in [3.05, 3.63) is 60.0 Å². The van der Waals surface area contributed by atoms with Crippen LogP contribution in [0.5, 0.6) is 5.75 Å². The van der Waals surface area contributed by atoms with Crippen molar-refractivity contribution in [1.29, 1.82) is 0 Å². The van der Waals surface area contributed by atoms with Crippen molar-refractivity contribution in [2.75, 3.05) is 17.2 Å². The lowest BCUT2D eigenvalue weighted by Gasteiger charge is -2.12. The van der Waals surface area contributed by atoms with Gasteiger partial charge in [-0.25, -0.2) is 22.9 Å². The summed E-state index contributed by atoms with van der Waals surface area (Å²) in [7, 11) is -3.99. The van der Waals surface area contributed by atoms with Crippen molar-refractivity contribution in [2.24, 2.45) is 5.14 Å². The third-order valence-corrected chi connectivity index (χ3v) is 4.82. The van der Waals surface area contributed by atoms with E-state index in [1.165, 1.54) is 12.1 Å². The molecular formula is C20H18FN5O3S. The molecule has 3 aromatic rings. The topological polar surface area (TPSA) is 119 Å². The monoisotopic (exact) mass is 427 g/mol. The second-order valence-corrected chi connectivity index (χ2v) is 7.73. The highest BCUT2D eigenvalue weighted by atomic mass is 32.2. The van der Waals surface area contributed by atoms with Crippen LogP contribution >= 0.6 is 0 Å². The molecule has 0 amide bonds. The van der Waals surface area contributed by atoms with E-state index in [0.717, 1.165) is 6.20 Å². The molecule has 0 aliphatic carbocycles. The van der Waals surface area contributed by atoms with Crippen LogP contribution in [0.4, 0.5) is 27.5 Å². The molecule has 0 bridgehead atoms. The Kier molecular flexibility index (Phi) is 6.15. The van der Waals surface area contributed by atoms with Crippen LogP contribution in [0.25, 0.3) is 0 Å². The fourth-order valence-corrected chi connectivity index (χ4v) is 3.28. The molecule has 8 nitrogen and oxygen atoms in total. The van der Waals surface area contributed by atoms with Gasteiger partial charge >= 0.3 is 0 Å². The van der Waals surface area contributed by atoms with E-state index in [-0.39, 0.29) is 29.0 Å². The van der Waals surface area contributed by atoms with E-state index in [4.69, 9.17) is 16.3 Å². The fourth-order valence-electron chi connectivity index (χ4n) is 2.50. The summed E-state index contributed by atoms with van der Waals surface area (Å²) in [6.07, 6.45) is 6.11. The van der Waals surface area contributed by atoms with Crippen LogP contribution in [0.3, 0.4) is 0 Å². The number of hydrogen-bond donors (Lipinski definition) is 3. The van der Waals surface area contributed by atoms with Crippen LogP contribution in [-0.2, 0) is 10.0 Å². The van der Waals surface area contributed by atoms with Crippen molar-refractivity contribution in [2.45, 2.75) is 11.8 Å². The highest BCUT2D eigenvalue weighted by molar-refractivity contribution is 7.89. The lowest BCUT2D eigenvalue weighted by atomic mass is 10.2. The third kappa shape index (κ3) is 5.22. The average molecular weight is 427 g/mol. The minimum Gasteiger partial charge on any atom is -0.481 e. The van der Waals surface area contributed by atoms with Crippen LogP contribution in [0.2, 0.25) is 0 Å². The Labute approximate surface area is 173 Å². The molecule has 4 N–H and O–H groups in total. The van der Waals surface area contributed by atoms with Crippen LogP contribution in [-0.4, -0.2) is 25.0 Å². The average Bonchev–Trinajstić information content (AvgIpc) is 2.70. The molecular weight excluding hydrogens is 409 g/mol. The van der Waals surface area contributed by atoms with Crippen LogP contribution in [0, 0.1) is 25.1 Å². The molecule has 154 valence electrons. The molecule has 0 aliphatic rings.